The van der Waals surface area contributed by atoms with Gasteiger partial charge in [-0.25, -0.2) is 4.79 Å². The summed E-state index contributed by atoms with van der Waals surface area (Å²) in [7, 11) is 0. The van der Waals surface area contributed by atoms with E-state index in [0.717, 1.165) is 11.3 Å². The smallest absolute Gasteiger partial charge is 0.336 e. The summed E-state index contributed by atoms with van der Waals surface area (Å²) in [6, 6.07) is 2.00. The van der Waals surface area contributed by atoms with Gasteiger partial charge < -0.3 is 15.5 Å². The maximum atomic E-state index is 10.7. The molecule has 1 aliphatic carbocycles. The molecule has 1 saturated carbocycles. The number of carbonyl (C=O) groups is 1. The molecule has 2 unspecified atom stereocenters. The largest absolute Gasteiger partial charge is 0.478 e. The quantitative estimate of drug-likeness (QED) is 0.766. The van der Waals surface area contributed by atoms with Gasteiger partial charge in [0.25, 0.3) is 0 Å². The number of carboxylic acid groups (broad SMARTS) is 1. The van der Waals surface area contributed by atoms with Gasteiger partial charge in [-0.3, -0.25) is 0 Å². The Labute approximate surface area is 104 Å². The maximum absolute atomic E-state index is 10.7. The molecule has 2 atom stereocenters. The minimum absolute atomic E-state index is 0.0904. The lowest BCUT2D eigenvalue weighted by Gasteiger charge is -2.49. The van der Waals surface area contributed by atoms with Crippen LogP contribution < -0.4 is 5.32 Å². The highest BCUT2D eigenvalue weighted by atomic mass is 32.1. The van der Waals surface area contributed by atoms with E-state index >= 15 is 0 Å². The first kappa shape index (κ1) is 12.5. The molecule has 0 radical (unpaired) electrons. The normalized spacial score (nSPS) is 26.5. The van der Waals surface area contributed by atoms with Gasteiger partial charge in [-0.2, -0.15) is 0 Å². The van der Waals surface area contributed by atoms with Crippen molar-refractivity contribution in [3.8, 4) is 0 Å². The van der Waals surface area contributed by atoms with Crippen molar-refractivity contribution >= 4 is 17.3 Å². The van der Waals surface area contributed by atoms with E-state index in [4.69, 9.17) is 5.11 Å². The van der Waals surface area contributed by atoms with Crippen LogP contribution in [0.3, 0.4) is 0 Å². The van der Waals surface area contributed by atoms with E-state index in [1.807, 2.05) is 13.8 Å². The Kier molecular flexibility index (Phi) is 3.25. The molecule has 1 heterocycles. The molecule has 1 aromatic heterocycles. The number of carboxylic acids is 1. The van der Waals surface area contributed by atoms with E-state index in [0.29, 0.717) is 18.2 Å². The number of thiophene rings is 1. The van der Waals surface area contributed by atoms with Crippen LogP contribution in [-0.4, -0.2) is 28.3 Å². The highest BCUT2D eigenvalue weighted by molar-refractivity contribution is 7.10. The summed E-state index contributed by atoms with van der Waals surface area (Å²) < 4.78 is 0. The SMILES string of the molecule is CC1(C)C(O)CC1NCc1cc(C(=O)O)cs1. The monoisotopic (exact) mass is 255 g/mol. The third kappa shape index (κ3) is 2.36. The van der Waals surface area contributed by atoms with Gasteiger partial charge in [0.1, 0.15) is 0 Å². The van der Waals surface area contributed by atoms with E-state index in [1.165, 1.54) is 11.3 Å². The van der Waals surface area contributed by atoms with Crippen LogP contribution in [-0.2, 0) is 6.54 Å². The van der Waals surface area contributed by atoms with Gasteiger partial charge in [-0.15, -0.1) is 11.3 Å². The lowest BCUT2D eigenvalue weighted by Crippen LogP contribution is -2.59. The van der Waals surface area contributed by atoms with Gasteiger partial charge in [-0.1, -0.05) is 13.8 Å². The second-order valence-corrected chi connectivity index (χ2v) is 6.11. The van der Waals surface area contributed by atoms with Gasteiger partial charge in [0.15, 0.2) is 0 Å². The standard InChI is InChI=1S/C12H17NO3S/c1-12(2)9(4-10(12)14)13-5-8-3-7(6-17-8)11(15)16/h3,6,9-10,13-14H,4-5H2,1-2H3,(H,15,16). The van der Waals surface area contributed by atoms with Crippen molar-refractivity contribution in [3.05, 3.63) is 21.9 Å². The Morgan fingerprint density at radius 2 is 2.35 bits per heavy atom. The first-order valence-electron chi connectivity index (χ1n) is 5.63. The van der Waals surface area contributed by atoms with Crippen LogP contribution in [0.4, 0.5) is 0 Å². The average Bonchev–Trinajstić information content (AvgIpc) is 2.72. The molecule has 1 aliphatic rings. The molecule has 1 fully saturated rings. The fraction of sp³-hybridized carbons (Fsp3) is 0.583. The molecule has 5 heteroatoms. The Bertz CT molecular complexity index is 427. The molecule has 17 heavy (non-hydrogen) atoms. The van der Waals surface area contributed by atoms with Crippen molar-refractivity contribution in [1.82, 2.24) is 5.32 Å². The molecule has 0 bridgehead atoms. The number of rotatable bonds is 4. The molecule has 94 valence electrons. The zero-order valence-electron chi connectivity index (χ0n) is 9.93. The molecule has 0 aromatic carbocycles. The molecule has 4 nitrogen and oxygen atoms in total. The first-order valence-corrected chi connectivity index (χ1v) is 6.51. The molecule has 0 amide bonds. The van der Waals surface area contributed by atoms with E-state index < -0.39 is 5.97 Å². The minimum Gasteiger partial charge on any atom is -0.478 e. The Morgan fingerprint density at radius 1 is 1.65 bits per heavy atom. The zero-order valence-corrected chi connectivity index (χ0v) is 10.8. The van der Waals surface area contributed by atoms with E-state index in [9.17, 15) is 9.90 Å². The van der Waals surface area contributed by atoms with Crippen molar-refractivity contribution in [3.63, 3.8) is 0 Å². The van der Waals surface area contributed by atoms with E-state index in [2.05, 4.69) is 5.32 Å². The highest BCUT2D eigenvalue weighted by Crippen LogP contribution is 2.40. The van der Waals surface area contributed by atoms with Crippen molar-refractivity contribution in [2.75, 3.05) is 0 Å². The number of nitrogens with one attached hydrogen (secondary N) is 1. The van der Waals surface area contributed by atoms with Crippen LogP contribution in [0.5, 0.6) is 0 Å². The molecule has 0 spiro atoms. The van der Waals surface area contributed by atoms with E-state index in [-0.39, 0.29) is 11.5 Å². The fourth-order valence-electron chi connectivity index (χ4n) is 2.06. The number of aliphatic hydroxyl groups is 1. The van der Waals surface area contributed by atoms with Crippen molar-refractivity contribution in [1.29, 1.82) is 0 Å². The summed E-state index contributed by atoms with van der Waals surface area (Å²) in [5, 5.41) is 23.4. The number of aliphatic hydroxyl groups excluding tert-OH is 1. The second kappa shape index (κ2) is 4.40. The Hall–Kier alpha value is -0.910. The highest BCUT2D eigenvalue weighted by Gasteiger charge is 2.46. The summed E-state index contributed by atoms with van der Waals surface area (Å²) >= 11 is 1.45. The Balaban J connectivity index is 1.88. The molecular formula is C12H17NO3S. The van der Waals surface area contributed by atoms with Crippen molar-refractivity contribution < 1.29 is 15.0 Å². The van der Waals surface area contributed by atoms with E-state index in [1.54, 1.807) is 11.4 Å². The topological polar surface area (TPSA) is 69.6 Å². The second-order valence-electron chi connectivity index (χ2n) is 5.11. The van der Waals surface area contributed by atoms with Crippen LogP contribution in [0, 0.1) is 5.41 Å². The van der Waals surface area contributed by atoms with Gasteiger partial charge >= 0.3 is 5.97 Å². The molecule has 0 saturated heterocycles. The van der Waals surface area contributed by atoms with Gasteiger partial charge in [-0.05, 0) is 12.5 Å². The summed E-state index contributed by atoms with van der Waals surface area (Å²) in [6.45, 7) is 4.74. The minimum atomic E-state index is -0.883. The zero-order chi connectivity index (χ0) is 12.6. The third-order valence-corrected chi connectivity index (χ3v) is 4.58. The summed E-state index contributed by atoms with van der Waals surface area (Å²) in [6.07, 6.45) is 0.530. The predicted octanol–water partition coefficient (Wildman–Crippen LogP) is 1.70. The van der Waals surface area contributed by atoms with Crippen molar-refractivity contribution in [2.45, 2.75) is 39.0 Å². The molecule has 3 N–H and O–H groups in total. The maximum Gasteiger partial charge on any atom is 0.336 e. The van der Waals surface area contributed by atoms with Gasteiger partial charge in [0.05, 0.1) is 11.7 Å². The van der Waals surface area contributed by atoms with Gasteiger partial charge in [0, 0.05) is 28.3 Å². The number of hydrogen-bond donors (Lipinski definition) is 3. The molecule has 2 rings (SSSR count). The van der Waals surface area contributed by atoms with Crippen molar-refractivity contribution in [2.24, 2.45) is 5.41 Å². The summed E-state index contributed by atoms with van der Waals surface area (Å²) in [4.78, 5) is 11.7. The first-order chi connectivity index (χ1) is 7.91. The third-order valence-electron chi connectivity index (χ3n) is 3.64. The fourth-order valence-corrected chi connectivity index (χ4v) is 2.87. The van der Waals surface area contributed by atoms with Crippen LogP contribution in [0.25, 0.3) is 0 Å². The number of hydrogen-bond acceptors (Lipinski definition) is 4. The number of aromatic carboxylic acids is 1. The van der Waals surface area contributed by atoms with Gasteiger partial charge in [0.2, 0.25) is 0 Å². The van der Waals surface area contributed by atoms with Crippen LogP contribution in [0.15, 0.2) is 11.4 Å². The van der Waals surface area contributed by atoms with Crippen LogP contribution in [0.1, 0.15) is 35.5 Å². The van der Waals surface area contributed by atoms with Crippen LogP contribution >= 0.6 is 11.3 Å². The molecule has 1 aromatic rings. The predicted molar refractivity (Wildman–Crippen MR) is 66.3 cm³/mol. The lowest BCUT2D eigenvalue weighted by atomic mass is 9.64. The summed E-state index contributed by atoms with van der Waals surface area (Å²) in [5.41, 5.74) is 0.257. The van der Waals surface area contributed by atoms with Crippen LogP contribution in [0.2, 0.25) is 0 Å². The average molecular weight is 255 g/mol. The summed E-state index contributed by atoms with van der Waals surface area (Å²) in [5.74, 6) is -0.883. The Morgan fingerprint density at radius 3 is 2.82 bits per heavy atom. The lowest BCUT2D eigenvalue weighted by molar-refractivity contribution is -0.0729. The molecular weight excluding hydrogens is 238 g/mol. The molecule has 0 aliphatic heterocycles.